The van der Waals surface area contributed by atoms with Crippen LogP contribution in [-0.4, -0.2) is 16.5 Å². The molecule has 0 fully saturated rings. The molecule has 0 spiro atoms. The number of rotatable bonds is 4. The number of ether oxygens (including phenoxy) is 1. The minimum Gasteiger partial charge on any atom is -0.487 e. The normalized spacial score (nSPS) is 17.6. The second-order valence-electron chi connectivity index (χ2n) is 6.80. The standard InChI is InChI=1S/C19H23N3O2.ClH/c1-19(2)12-16(15-11-13(20)6-8-17(15)24-19)22-18(23)9-7-14-5-3-4-10-21-14;/h3-6,8,10-11,16H,7,9,12,20H2,1-2H3,(H,22,23);1H. The van der Waals surface area contributed by atoms with Gasteiger partial charge in [0.05, 0.1) is 6.04 Å². The van der Waals surface area contributed by atoms with Crippen molar-refractivity contribution in [2.75, 3.05) is 5.73 Å². The molecule has 5 nitrogen and oxygen atoms in total. The number of nitrogen functional groups attached to an aromatic ring is 1. The van der Waals surface area contributed by atoms with Crippen LogP contribution in [0.1, 0.15) is 44.0 Å². The Morgan fingerprint density at radius 1 is 1.36 bits per heavy atom. The summed E-state index contributed by atoms with van der Waals surface area (Å²) in [6.45, 7) is 4.05. The molecule has 134 valence electrons. The number of hydrogen-bond acceptors (Lipinski definition) is 4. The van der Waals surface area contributed by atoms with Crippen molar-refractivity contribution in [2.24, 2.45) is 0 Å². The number of benzene rings is 1. The van der Waals surface area contributed by atoms with E-state index >= 15 is 0 Å². The van der Waals surface area contributed by atoms with Crippen LogP contribution in [0.5, 0.6) is 5.75 Å². The van der Waals surface area contributed by atoms with E-state index in [-0.39, 0.29) is 30.0 Å². The van der Waals surface area contributed by atoms with Crippen molar-refractivity contribution in [1.29, 1.82) is 0 Å². The topological polar surface area (TPSA) is 77.2 Å². The molecule has 2 aromatic rings. The predicted molar refractivity (Wildman–Crippen MR) is 101 cm³/mol. The lowest BCUT2D eigenvalue weighted by atomic mass is 9.89. The zero-order chi connectivity index (χ0) is 17.2. The average Bonchev–Trinajstić information content (AvgIpc) is 2.54. The molecular weight excluding hydrogens is 338 g/mol. The molecule has 0 saturated carbocycles. The van der Waals surface area contributed by atoms with Crippen molar-refractivity contribution in [3.8, 4) is 5.75 Å². The summed E-state index contributed by atoms with van der Waals surface area (Å²) < 4.78 is 6.00. The molecule has 25 heavy (non-hydrogen) atoms. The fourth-order valence-corrected chi connectivity index (χ4v) is 3.06. The number of nitrogens with two attached hydrogens (primary N) is 1. The van der Waals surface area contributed by atoms with Gasteiger partial charge in [-0.3, -0.25) is 9.78 Å². The Bertz CT molecular complexity index is 735. The summed E-state index contributed by atoms with van der Waals surface area (Å²) in [5, 5.41) is 3.13. The van der Waals surface area contributed by atoms with Crippen LogP contribution in [0.3, 0.4) is 0 Å². The predicted octanol–water partition coefficient (Wildman–Crippen LogP) is 3.44. The Morgan fingerprint density at radius 3 is 2.88 bits per heavy atom. The van der Waals surface area contributed by atoms with Crippen LogP contribution in [-0.2, 0) is 11.2 Å². The molecule has 1 unspecified atom stereocenters. The van der Waals surface area contributed by atoms with E-state index in [9.17, 15) is 4.79 Å². The largest absolute Gasteiger partial charge is 0.487 e. The van der Waals surface area contributed by atoms with Crippen LogP contribution < -0.4 is 15.8 Å². The summed E-state index contributed by atoms with van der Waals surface area (Å²) >= 11 is 0. The van der Waals surface area contributed by atoms with Crippen LogP contribution >= 0.6 is 12.4 Å². The second-order valence-corrected chi connectivity index (χ2v) is 6.80. The van der Waals surface area contributed by atoms with E-state index in [0.29, 0.717) is 24.9 Å². The zero-order valence-corrected chi connectivity index (χ0v) is 15.3. The molecular formula is C19H24ClN3O2. The molecule has 6 heteroatoms. The number of hydrogen-bond donors (Lipinski definition) is 2. The fraction of sp³-hybridized carbons (Fsp3) is 0.368. The van der Waals surface area contributed by atoms with Crippen LogP contribution in [0.2, 0.25) is 0 Å². The third-order valence-electron chi connectivity index (χ3n) is 4.16. The van der Waals surface area contributed by atoms with E-state index in [1.807, 2.05) is 50.2 Å². The van der Waals surface area contributed by atoms with E-state index in [2.05, 4.69) is 10.3 Å². The highest BCUT2D eigenvalue weighted by Gasteiger charge is 2.34. The molecule has 3 N–H and O–H groups in total. The van der Waals surface area contributed by atoms with Gasteiger partial charge in [0.15, 0.2) is 0 Å². The average molecular weight is 362 g/mol. The van der Waals surface area contributed by atoms with Gasteiger partial charge in [0.2, 0.25) is 5.91 Å². The molecule has 1 aliphatic heterocycles. The van der Waals surface area contributed by atoms with Gasteiger partial charge in [-0.15, -0.1) is 12.4 Å². The fourth-order valence-electron chi connectivity index (χ4n) is 3.06. The molecule has 0 bridgehead atoms. The third kappa shape index (κ3) is 4.86. The van der Waals surface area contributed by atoms with Crippen LogP contribution in [0.15, 0.2) is 42.6 Å². The highest BCUT2D eigenvalue weighted by molar-refractivity contribution is 5.85. The summed E-state index contributed by atoms with van der Waals surface area (Å²) in [5.41, 5.74) is 8.11. The smallest absolute Gasteiger partial charge is 0.220 e. The Labute approximate surface area is 154 Å². The molecule has 0 aliphatic carbocycles. The number of carbonyl (C=O) groups is 1. The first-order chi connectivity index (χ1) is 11.4. The number of nitrogens with zero attached hydrogens (tertiary/aromatic N) is 1. The van der Waals surface area contributed by atoms with Crippen LogP contribution in [0.25, 0.3) is 0 Å². The summed E-state index contributed by atoms with van der Waals surface area (Å²) in [5.74, 6) is 0.798. The van der Waals surface area contributed by atoms with Crippen molar-refractivity contribution in [1.82, 2.24) is 10.3 Å². The number of carbonyl (C=O) groups excluding carboxylic acids is 1. The van der Waals surface area contributed by atoms with Crippen molar-refractivity contribution >= 4 is 24.0 Å². The molecule has 1 aromatic heterocycles. The Morgan fingerprint density at radius 2 is 2.16 bits per heavy atom. The lowest BCUT2D eigenvalue weighted by molar-refractivity contribution is -0.122. The maximum absolute atomic E-state index is 12.4. The quantitative estimate of drug-likeness (QED) is 0.818. The van der Waals surface area contributed by atoms with Crippen LogP contribution in [0, 0.1) is 0 Å². The van der Waals surface area contributed by atoms with E-state index in [4.69, 9.17) is 10.5 Å². The molecule has 3 rings (SSSR count). The first-order valence-corrected chi connectivity index (χ1v) is 8.21. The lowest BCUT2D eigenvalue weighted by Crippen LogP contribution is -2.41. The molecule has 2 heterocycles. The molecule has 0 saturated heterocycles. The second kappa shape index (κ2) is 7.74. The number of pyridine rings is 1. The maximum atomic E-state index is 12.4. The Balaban J connectivity index is 0.00000225. The number of anilines is 1. The highest BCUT2D eigenvalue weighted by atomic mass is 35.5. The van der Waals surface area contributed by atoms with Gasteiger partial charge in [0.1, 0.15) is 11.4 Å². The van der Waals surface area contributed by atoms with Gasteiger partial charge in [-0.2, -0.15) is 0 Å². The molecule has 0 radical (unpaired) electrons. The SMILES string of the molecule is CC1(C)CC(NC(=O)CCc2ccccn2)c2cc(N)ccc2O1.Cl. The number of amides is 1. The molecule has 1 amide bonds. The molecule has 1 aliphatic rings. The van der Waals surface area contributed by atoms with Gasteiger partial charge < -0.3 is 15.8 Å². The summed E-state index contributed by atoms with van der Waals surface area (Å²) in [7, 11) is 0. The Hall–Kier alpha value is -2.27. The van der Waals surface area contributed by atoms with Gasteiger partial charge in [0.25, 0.3) is 0 Å². The minimum atomic E-state index is -0.331. The van der Waals surface area contributed by atoms with Gasteiger partial charge in [-0.25, -0.2) is 0 Å². The number of nitrogens with one attached hydrogen (secondary N) is 1. The minimum absolute atomic E-state index is 0. The van der Waals surface area contributed by atoms with Crippen molar-refractivity contribution in [3.63, 3.8) is 0 Å². The van der Waals surface area contributed by atoms with E-state index in [1.165, 1.54) is 0 Å². The number of fused-ring (bicyclic) bond motifs is 1. The van der Waals surface area contributed by atoms with E-state index in [1.54, 1.807) is 6.20 Å². The van der Waals surface area contributed by atoms with Crippen molar-refractivity contribution in [3.05, 3.63) is 53.9 Å². The number of aromatic nitrogens is 1. The van der Waals surface area contributed by atoms with Crippen molar-refractivity contribution in [2.45, 2.75) is 44.8 Å². The first-order valence-electron chi connectivity index (χ1n) is 8.21. The summed E-state index contributed by atoms with van der Waals surface area (Å²) in [4.78, 5) is 16.6. The van der Waals surface area contributed by atoms with Gasteiger partial charge >= 0.3 is 0 Å². The van der Waals surface area contributed by atoms with E-state index in [0.717, 1.165) is 17.0 Å². The van der Waals surface area contributed by atoms with Gasteiger partial charge in [-0.1, -0.05) is 6.07 Å². The van der Waals surface area contributed by atoms with Gasteiger partial charge in [-0.05, 0) is 50.6 Å². The Kier molecular flexibility index (Phi) is 5.90. The summed E-state index contributed by atoms with van der Waals surface area (Å²) in [6.07, 6.45) is 3.49. The number of aryl methyl sites for hydroxylation is 1. The first kappa shape index (κ1) is 19.1. The number of halogens is 1. The van der Waals surface area contributed by atoms with Gasteiger partial charge in [0, 0.05) is 36.0 Å². The van der Waals surface area contributed by atoms with Crippen LogP contribution in [0.4, 0.5) is 5.69 Å². The monoisotopic (exact) mass is 361 g/mol. The zero-order valence-electron chi connectivity index (χ0n) is 14.5. The third-order valence-corrected chi connectivity index (χ3v) is 4.16. The van der Waals surface area contributed by atoms with Crippen molar-refractivity contribution < 1.29 is 9.53 Å². The summed E-state index contributed by atoms with van der Waals surface area (Å²) in [6, 6.07) is 11.2. The van der Waals surface area contributed by atoms with E-state index < -0.39 is 0 Å². The molecule has 1 aromatic carbocycles. The highest BCUT2D eigenvalue weighted by Crippen LogP contribution is 2.40. The molecule has 1 atom stereocenters. The maximum Gasteiger partial charge on any atom is 0.220 e. The lowest BCUT2D eigenvalue weighted by Gasteiger charge is -2.38.